The number of carbonyl (C=O) groups is 3. The van der Waals surface area contributed by atoms with E-state index < -0.39 is 11.4 Å². The van der Waals surface area contributed by atoms with Crippen molar-refractivity contribution < 1.29 is 19.5 Å². The van der Waals surface area contributed by atoms with Crippen molar-refractivity contribution in [3.8, 4) is 0 Å². The second-order valence-corrected chi connectivity index (χ2v) is 7.62. The molecule has 2 fully saturated rings. The molecule has 0 radical (unpaired) electrons. The molecule has 2 N–H and O–H groups in total. The smallest absolute Gasteiger partial charge is 0.311 e. The highest BCUT2D eigenvalue weighted by atomic mass is 16.4. The normalized spacial score (nSPS) is 21.5. The molecule has 6 heteroatoms. The first kappa shape index (κ1) is 18.7. The van der Waals surface area contributed by atoms with Crippen molar-refractivity contribution in [1.82, 2.24) is 10.2 Å². The first-order valence-corrected chi connectivity index (χ1v) is 9.15. The number of rotatable bonds is 5. The summed E-state index contributed by atoms with van der Waals surface area (Å²) in [4.78, 5) is 37.9. The number of carboxylic acids is 1. The highest BCUT2D eigenvalue weighted by Gasteiger charge is 2.40. The first-order chi connectivity index (χ1) is 11.4. The minimum Gasteiger partial charge on any atom is -0.481 e. The Kier molecular flexibility index (Phi) is 6.24. The summed E-state index contributed by atoms with van der Waals surface area (Å²) in [7, 11) is 0. The zero-order valence-corrected chi connectivity index (χ0v) is 14.8. The number of hydrogen-bond acceptors (Lipinski definition) is 3. The van der Waals surface area contributed by atoms with Crippen LogP contribution in [-0.2, 0) is 14.4 Å². The maximum atomic E-state index is 12.4. The molecule has 2 amide bonds. The first-order valence-electron chi connectivity index (χ1n) is 9.15. The summed E-state index contributed by atoms with van der Waals surface area (Å²) in [6, 6.07) is 0. The van der Waals surface area contributed by atoms with E-state index in [2.05, 4.69) is 5.32 Å². The summed E-state index contributed by atoms with van der Waals surface area (Å²) in [6.45, 7) is 5.22. The van der Waals surface area contributed by atoms with E-state index in [0.717, 1.165) is 19.3 Å². The second-order valence-electron chi connectivity index (χ2n) is 7.62. The van der Waals surface area contributed by atoms with E-state index in [9.17, 15) is 19.5 Å². The molecule has 1 saturated heterocycles. The Morgan fingerprint density at radius 3 is 2.21 bits per heavy atom. The summed E-state index contributed by atoms with van der Waals surface area (Å²) in [5.74, 6) is -0.841. The lowest BCUT2D eigenvalue weighted by Gasteiger charge is -2.35. The Bertz CT molecular complexity index is 475. The van der Waals surface area contributed by atoms with Crippen molar-refractivity contribution in [3.63, 3.8) is 0 Å². The topological polar surface area (TPSA) is 86.7 Å². The van der Waals surface area contributed by atoms with Gasteiger partial charge >= 0.3 is 5.97 Å². The molecule has 6 nitrogen and oxygen atoms in total. The molecule has 0 bridgehead atoms. The van der Waals surface area contributed by atoms with Crippen LogP contribution < -0.4 is 5.32 Å². The summed E-state index contributed by atoms with van der Waals surface area (Å²) >= 11 is 0. The Morgan fingerprint density at radius 2 is 1.71 bits per heavy atom. The van der Waals surface area contributed by atoms with Crippen LogP contribution in [-0.4, -0.2) is 47.4 Å². The number of aliphatic carboxylic acids is 1. The SMILES string of the molecule is CC(C)C(=O)N1CCC(C(=O)NCC2(C(=O)O)CCCCC2)CC1. The van der Waals surface area contributed by atoms with Gasteiger partial charge in [0.2, 0.25) is 11.8 Å². The third-order valence-electron chi connectivity index (χ3n) is 5.54. The van der Waals surface area contributed by atoms with E-state index in [-0.39, 0.29) is 30.2 Å². The molecule has 0 aromatic heterocycles. The third kappa shape index (κ3) is 4.28. The molecule has 2 aliphatic rings. The maximum absolute atomic E-state index is 12.4. The van der Waals surface area contributed by atoms with Crippen LogP contribution in [0.3, 0.4) is 0 Å². The second kappa shape index (κ2) is 7.99. The van der Waals surface area contributed by atoms with Gasteiger partial charge in [0.25, 0.3) is 0 Å². The van der Waals surface area contributed by atoms with Crippen molar-refractivity contribution in [1.29, 1.82) is 0 Å². The molecule has 0 aromatic rings. The predicted molar refractivity (Wildman–Crippen MR) is 90.3 cm³/mol. The molecule has 0 aromatic carbocycles. The summed E-state index contributed by atoms with van der Waals surface area (Å²) < 4.78 is 0. The van der Waals surface area contributed by atoms with E-state index in [0.29, 0.717) is 38.8 Å². The summed E-state index contributed by atoms with van der Waals surface area (Å²) in [5.41, 5.74) is -0.789. The van der Waals surface area contributed by atoms with Crippen LogP contribution in [0.15, 0.2) is 0 Å². The van der Waals surface area contributed by atoms with Crippen LogP contribution in [0.4, 0.5) is 0 Å². The van der Waals surface area contributed by atoms with Gasteiger partial charge in [-0.3, -0.25) is 14.4 Å². The van der Waals surface area contributed by atoms with E-state index in [1.165, 1.54) is 0 Å². The standard InChI is InChI=1S/C18H30N2O4/c1-13(2)16(22)20-10-6-14(7-11-20)15(21)19-12-18(17(23)24)8-4-3-5-9-18/h13-14H,3-12H2,1-2H3,(H,19,21)(H,23,24). The van der Waals surface area contributed by atoms with Crippen molar-refractivity contribution in [2.45, 2.75) is 58.8 Å². The Hall–Kier alpha value is -1.59. The molecule has 1 aliphatic heterocycles. The molecule has 1 saturated carbocycles. The van der Waals surface area contributed by atoms with Crippen LogP contribution in [0.1, 0.15) is 58.8 Å². The van der Waals surface area contributed by atoms with Crippen molar-refractivity contribution in [2.24, 2.45) is 17.3 Å². The number of carboxylic acid groups (broad SMARTS) is 1. The zero-order chi connectivity index (χ0) is 17.7. The molecule has 0 atom stereocenters. The minimum absolute atomic E-state index is 0.0166. The van der Waals surface area contributed by atoms with E-state index in [1.54, 1.807) is 0 Å². The molecule has 2 rings (SSSR count). The lowest BCUT2D eigenvalue weighted by molar-refractivity contribution is -0.151. The number of amides is 2. The van der Waals surface area contributed by atoms with Gasteiger partial charge in [-0.1, -0.05) is 33.1 Å². The zero-order valence-electron chi connectivity index (χ0n) is 14.8. The van der Waals surface area contributed by atoms with Gasteiger partial charge in [-0.25, -0.2) is 0 Å². The largest absolute Gasteiger partial charge is 0.481 e. The van der Waals surface area contributed by atoms with Gasteiger partial charge in [0.1, 0.15) is 0 Å². The highest BCUT2D eigenvalue weighted by Crippen LogP contribution is 2.36. The summed E-state index contributed by atoms with van der Waals surface area (Å²) in [6.07, 6.45) is 5.50. The molecule has 24 heavy (non-hydrogen) atoms. The molecule has 136 valence electrons. The fourth-order valence-electron chi connectivity index (χ4n) is 3.82. The fourth-order valence-corrected chi connectivity index (χ4v) is 3.82. The summed E-state index contributed by atoms with van der Waals surface area (Å²) in [5, 5.41) is 12.5. The van der Waals surface area contributed by atoms with Crippen LogP contribution in [0.25, 0.3) is 0 Å². The van der Waals surface area contributed by atoms with E-state index in [1.807, 2.05) is 18.7 Å². The van der Waals surface area contributed by atoms with Gasteiger partial charge < -0.3 is 15.3 Å². The van der Waals surface area contributed by atoms with Crippen molar-refractivity contribution >= 4 is 17.8 Å². The predicted octanol–water partition coefficient (Wildman–Crippen LogP) is 2.03. The lowest BCUT2D eigenvalue weighted by atomic mass is 9.74. The Balaban J connectivity index is 1.83. The third-order valence-corrected chi connectivity index (χ3v) is 5.54. The van der Waals surface area contributed by atoms with Crippen LogP contribution in [0.2, 0.25) is 0 Å². The number of carbonyl (C=O) groups excluding carboxylic acids is 2. The quantitative estimate of drug-likeness (QED) is 0.803. The molecule has 0 spiro atoms. The lowest BCUT2D eigenvalue weighted by Crippen LogP contribution is -2.48. The van der Waals surface area contributed by atoms with Crippen LogP contribution >= 0.6 is 0 Å². The van der Waals surface area contributed by atoms with Gasteiger partial charge in [-0.05, 0) is 25.7 Å². The van der Waals surface area contributed by atoms with Crippen molar-refractivity contribution in [3.05, 3.63) is 0 Å². The number of piperidine rings is 1. The average molecular weight is 338 g/mol. The molecule has 1 heterocycles. The molecular weight excluding hydrogens is 308 g/mol. The monoisotopic (exact) mass is 338 g/mol. The number of nitrogens with one attached hydrogen (secondary N) is 1. The van der Waals surface area contributed by atoms with Gasteiger partial charge in [-0.2, -0.15) is 0 Å². The minimum atomic E-state index is -0.792. The number of nitrogens with zero attached hydrogens (tertiary/aromatic N) is 1. The molecular formula is C18H30N2O4. The number of likely N-dealkylation sites (tertiary alicyclic amines) is 1. The van der Waals surface area contributed by atoms with Crippen LogP contribution in [0, 0.1) is 17.3 Å². The van der Waals surface area contributed by atoms with E-state index in [4.69, 9.17) is 0 Å². The Labute approximate surface area is 144 Å². The number of hydrogen-bond donors (Lipinski definition) is 2. The van der Waals surface area contributed by atoms with E-state index >= 15 is 0 Å². The average Bonchev–Trinajstić information content (AvgIpc) is 2.59. The Morgan fingerprint density at radius 1 is 1.12 bits per heavy atom. The van der Waals surface area contributed by atoms with Gasteiger partial charge in [0.05, 0.1) is 5.41 Å². The molecule has 0 unspecified atom stereocenters. The van der Waals surface area contributed by atoms with Crippen molar-refractivity contribution in [2.75, 3.05) is 19.6 Å². The van der Waals surface area contributed by atoms with Gasteiger partial charge in [-0.15, -0.1) is 0 Å². The van der Waals surface area contributed by atoms with Gasteiger partial charge in [0.15, 0.2) is 0 Å². The van der Waals surface area contributed by atoms with Gasteiger partial charge in [0, 0.05) is 31.5 Å². The highest BCUT2D eigenvalue weighted by molar-refractivity contribution is 5.82. The molecule has 1 aliphatic carbocycles. The maximum Gasteiger partial charge on any atom is 0.311 e. The fraction of sp³-hybridized carbons (Fsp3) is 0.833. The van der Waals surface area contributed by atoms with Crippen LogP contribution in [0.5, 0.6) is 0 Å².